The van der Waals surface area contributed by atoms with Crippen LogP contribution < -0.4 is 5.73 Å². The molecular formula is C24H34FN5O2. The number of hydrogen-bond donors (Lipinski definition) is 1. The van der Waals surface area contributed by atoms with Gasteiger partial charge in [0.2, 0.25) is 11.8 Å². The van der Waals surface area contributed by atoms with Gasteiger partial charge in [-0.05, 0) is 58.2 Å². The summed E-state index contributed by atoms with van der Waals surface area (Å²) in [5.74, 6) is -0.549. The average Bonchev–Trinajstić information content (AvgIpc) is 3.30. The first-order chi connectivity index (χ1) is 15.0. The zero-order chi connectivity index (χ0) is 23.8. The molecule has 32 heavy (non-hydrogen) atoms. The number of benzene rings is 1. The molecule has 4 unspecified atom stereocenters. The predicted molar refractivity (Wildman–Crippen MR) is 120 cm³/mol. The minimum atomic E-state index is -0.800. The fourth-order valence-electron chi connectivity index (χ4n) is 5.17. The zero-order valence-corrected chi connectivity index (χ0v) is 19.6. The van der Waals surface area contributed by atoms with Crippen molar-refractivity contribution in [1.29, 1.82) is 5.26 Å². The van der Waals surface area contributed by atoms with Crippen LogP contribution in [0.2, 0.25) is 0 Å². The average molecular weight is 444 g/mol. The van der Waals surface area contributed by atoms with E-state index < -0.39 is 17.6 Å². The molecule has 174 valence electrons. The second-order valence-corrected chi connectivity index (χ2v) is 9.55. The number of carbonyl (C=O) groups is 2. The van der Waals surface area contributed by atoms with Crippen molar-refractivity contribution in [3.05, 3.63) is 35.6 Å². The topological polar surface area (TPSA) is 93.7 Å². The Kier molecular flexibility index (Phi) is 6.91. The standard InChI is InChI=1S/C24H34FN5O2/c1-6-15(2)29(16(3)12-26)22(31)20(27)14-28-13-19-11-21(28)23(32)30(19)24(4,5)17-7-9-18(25)10-8-17/h7-10,15-16,19-21H,6,11,13-14,27H2,1-5H3/t15?,16-,19?,20?,21?/m0/s1. The molecule has 2 aliphatic rings. The summed E-state index contributed by atoms with van der Waals surface area (Å²) < 4.78 is 13.4. The van der Waals surface area contributed by atoms with Crippen molar-refractivity contribution in [3.63, 3.8) is 0 Å². The molecule has 5 atom stereocenters. The van der Waals surface area contributed by atoms with Crippen LogP contribution in [0.4, 0.5) is 4.39 Å². The molecule has 2 bridgehead atoms. The van der Waals surface area contributed by atoms with Crippen molar-refractivity contribution in [2.45, 2.75) is 83.2 Å². The first kappa shape index (κ1) is 24.1. The quantitative estimate of drug-likeness (QED) is 0.665. The second-order valence-electron chi connectivity index (χ2n) is 9.55. The lowest BCUT2D eigenvalue weighted by atomic mass is 9.91. The van der Waals surface area contributed by atoms with Gasteiger partial charge in [0.1, 0.15) is 11.9 Å². The highest BCUT2D eigenvalue weighted by atomic mass is 19.1. The molecule has 2 N–H and O–H groups in total. The van der Waals surface area contributed by atoms with Crippen LogP contribution in [0.3, 0.4) is 0 Å². The molecule has 7 nitrogen and oxygen atoms in total. The van der Waals surface area contributed by atoms with Crippen molar-refractivity contribution in [2.75, 3.05) is 13.1 Å². The smallest absolute Gasteiger partial charge is 0.242 e. The Bertz CT molecular complexity index is 897. The monoisotopic (exact) mass is 443 g/mol. The molecule has 0 saturated carbocycles. The minimum absolute atomic E-state index is 0.0126. The van der Waals surface area contributed by atoms with E-state index in [0.29, 0.717) is 13.0 Å². The fraction of sp³-hybridized carbons (Fsp3) is 0.625. The Balaban J connectivity index is 1.70. The molecular weight excluding hydrogens is 409 g/mol. The van der Waals surface area contributed by atoms with Crippen molar-refractivity contribution < 1.29 is 14.0 Å². The van der Waals surface area contributed by atoms with Gasteiger partial charge in [-0.1, -0.05) is 19.1 Å². The third kappa shape index (κ3) is 4.24. The molecule has 2 amide bonds. The number of rotatable bonds is 8. The van der Waals surface area contributed by atoms with Crippen LogP contribution >= 0.6 is 0 Å². The number of carbonyl (C=O) groups excluding carboxylic acids is 2. The summed E-state index contributed by atoms with van der Waals surface area (Å²) in [4.78, 5) is 31.8. The van der Waals surface area contributed by atoms with Crippen molar-refractivity contribution >= 4 is 11.8 Å². The molecule has 2 aliphatic heterocycles. The third-order valence-corrected chi connectivity index (χ3v) is 7.09. The van der Waals surface area contributed by atoms with Crippen LogP contribution in [-0.4, -0.2) is 69.8 Å². The number of amides is 2. The molecule has 2 saturated heterocycles. The third-order valence-electron chi connectivity index (χ3n) is 7.09. The van der Waals surface area contributed by atoms with Gasteiger partial charge in [0.25, 0.3) is 0 Å². The summed E-state index contributed by atoms with van der Waals surface area (Å²) >= 11 is 0. The van der Waals surface area contributed by atoms with E-state index in [1.807, 2.05) is 37.5 Å². The molecule has 0 aromatic heterocycles. The maximum Gasteiger partial charge on any atom is 0.242 e. The first-order valence-corrected chi connectivity index (χ1v) is 11.3. The van der Waals surface area contributed by atoms with Gasteiger partial charge in [-0.25, -0.2) is 4.39 Å². The number of halogens is 1. The van der Waals surface area contributed by atoms with E-state index in [-0.39, 0.29) is 42.3 Å². The van der Waals surface area contributed by atoms with Crippen LogP contribution in [0.15, 0.2) is 24.3 Å². The van der Waals surface area contributed by atoms with E-state index >= 15 is 0 Å². The Hall–Kier alpha value is -2.50. The van der Waals surface area contributed by atoms with Gasteiger partial charge in [-0.15, -0.1) is 0 Å². The predicted octanol–water partition coefficient (Wildman–Crippen LogP) is 2.21. The summed E-state index contributed by atoms with van der Waals surface area (Å²) in [6.07, 6.45) is 1.42. The number of piperazine rings is 1. The van der Waals surface area contributed by atoms with Gasteiger partial charge in [-0.3, -0.25) is 14.5 Å². The molecule has 1 aromatic rings. The number of nitriles is 1. The summed E-state index contributed by atoms with van der Waals surface area (Å²) in [6.45, 7) is 10.5. The van der Waals surface area contributed by atoms with Gasteiger partial charge in [-0.2, -0.15) is 5.26 Å². The highest BCUT2D eigenvalue weighted by Gasteiger charge is 2.54. The van der Waals surface area contributed by atoms with E-state index in [9.17, 15) is 19.2 Å². The molecule has 2 heterocycles. The van der Waals surface area contributed by atoms with Crippen LogP contribution in [0.1, 0.15) is 53.0 Å². The minimum Gasteiger partial charge on any atom is -0.328 e. The normalized spacial score (nSPS) is 23.7. The maximum absolute atomic E-state index is 13.4. The molecule has 0 aliphatic carbocycles. The van der Waals surface area contributed by atoms with E-state index in [4.69, 9.17) is 5.73 Å². The first-order valence-electron chi connectivity index (χ1n) is 11.3. The van der Waals surface area contributed by atoms with Gasteiger partial charge in [0.05, 0.1) is 23.7 Å². The summed E-state index contributed by atoms with van der Waals surface area (Å²) in [5, 5.41) is 9.33. The fourth-order valence-corrected chi connectivity index (χ4v) is 5.17. The van der Waals surface area contributed by atoms with E-state index in [2.05, 4.69) is 6.07 Å². The molecule has 8 heteroatoms. The van der Waals surface area contributed by atoms with Crippen LogP contribution in [0.25, 0.3) is 0 Å². The van der Waals surface area contributed by atoms with Crippen molar-refractivity contribution in [1.82, 2.24) is 14.7 Å². The zero-order valence-electron chi connectivity index (χ0n) is 19.6. The van der Waals surface area contributed by atoms with Crippen LogP contribution in [-0.2, 0) is 15.1 Å². The van der Waals surface area contributed by atoms with Crippen molar-refractivity contribution in [3.8, 4) is 6.07 Å². The highest BCUT2D eigenvalue weighted by Crippen LogP contribution is 2.41. The van der Waals surface area contributed by atoms with Crippen LogP contribution in [0, 0.1) is 17.1 Å². The number of fused-ring (bicyclic) bond motifs is 2. The summed E-state index contributed by atoms with van der Waals surface area (Å²) in [5.41, 5.74) is 6.60. The SMILES string of the molecule is CCC(C)N(C(=O)C(N)CN1CC2CC1C(=O)N2C(C)(C)c1ccc(F)cc1)[C@@H](C)C#N. The lowest BCUT2D eigenvalue weighted by molar-refractivity contribution is -0.145. The lowest BCUT2D eigenvalue weighted by Gasteiger charge is -2.44. The number of likely N-dealkylation sites (tertiary alicyclic amines) is 2. The molecule has 3 rings (SSSR count). The largest absolute Gasteiger partial charge is 0.328 e. The van der Waals surface area contributed by atoms with Crippen molar-refractivity contribution in [2.24, 2.45) is 5.73 Å². The number of hydrogen-bond acceptors (Lipinski definition) is 5. The Morgan fingerprint density at radius 1 is 1.34 bits per heavy atom. The van der Waals surface area contributed by atoms with E-state index in [1.54, 1.807) is 24.0 Å². The van der Waals surface area contributed by atoms with Gasteiger partial charge in [0, 0.05) is 25.2 Å². The van der Waals surface area contributed by atoms with E-state index in [1.165, 1.54) is 12.1 Å². The van der Waals surface area contributed by atoms with Gasteiger partial charge >= 0.3 is 0 Å². The lowest BCUT2D eigenvalue weighted by Crippen LogP contribution is -2.60. The highest BCUT2D eigenvalue weighted by molar-refractivity contribution is 5.87. The Morgan fingerprint density at radius 2 is 1.97 bits per heavy atom. The molecule has 0 spiro atoms. The second kappa shape index (κ2) is 9.16. The number of nitrogens with two attached hydrogens (primary N) is 1. The van der Waals surface area contributed by atoms with Crippen LogP contribution in [0.5, 0.6) is 0 Å². The Labute approximate surface area is 189 Å². The molecule has 1 aromatic carbocycles. The number of nitrogens with zero attached hydrogens (tertiary/aromatic N) is 4. The summed E-state index contributed by atoms with van der Waals surface area (Å²) in [6, 6.07) is 6.66. The van der Waals surface area contributed by atoms with E-state index in [0.717, 1.165) is 12.0 Å². The summed E-state index contributed by atoms with van der Waals surface area (Å²) in [7, 11) is 0. The van der Waals surface area contributed by atoms with Gasteiger partial charge < -0.3 is 15.5 Å². The molecule has 0 radical (unpaired) electrons. The maximum atomic E-state index is 13.4. The van der Waals surface area contributed by atoms with Gasteiger partial charge in [0.15, 0.2) is 0 Å². The Morgan fingerprint density at radius 3 is 2.50 bits per heavy atom. The molecule has 2 fully saturated rings.